The van der Waals surface area contributed by atoms with E-state index in [9.17, 15) is 0 Å². The van der Waals surface area contributed by atoms with Crippen LogP contribution in [0.3, 0.4) is 0 Å². The lowest BCUT2D eigenvalue weighted by molar-refractivity contribution is 0.144. The van der Waals surface area contributed by atoms with Crippen molar-refractivity contribution >= 4 is 28.3 Å². The summed E-state index contributed by atoms with van der Waals surface area (Å²) in [7, 11) is 1.65. The maximum atomic E-state index is 6.06. The molecule has 166 valence electrons. The molecule has 0 radical (unpaired) electrons. The Morgan fingerprint density at radius 3 is 2.63 bits per heavy atom. The second kappa shape index (κ2) is 12.9. The fourth-order valence-electron chi connectivity index (χ4n) is 3.02. The predicted molar refractivity (Wildman–Crippen MR) is 123 cm³/mol. The van der Waals surface area contributed by atoms with E-state index in [1.54, 1.807) is 7.11 Å². The molecular formula is C22H29BrClNO5. The predicted octanol–water partition coefficient (Wildman–Crippen LogP) is 4.75. The number of halogens is 2. The van der Waals surface area contributed by atoms with Crippen LogP contribution in [0.1, 0.15) is 24.5 Å². The molecule has 6 nitrogen and oxygen atoms in total. The maximum absolute atomic E-state index is 6.06. The summed E-state index contributed by atoms with van der Waals surface area (Å²) in [6.45, 7) is 6.76. The Labute approximate surface area is 192 Å². The van der Waals surface area contributed by atoms with Crippen LogP contribution in [0.4, 0.5) is 0 Å². The molecule has 3 rings (SSSR count). The SMILES string of the molecule is CCOCCCNCc1cc(Br)c(OCc2ccc3c(c2)OCCO3)c(OC)c1.Cl. The molecule has 0 bridgehead atoms. The maximum Gasteiger partial charge on any atom is 0.175 e. The summed E-state index contributed by atoms with van der Waals surface area (Å²) in [5, 5.41) is 3.42. The van der Waals surface area contributed by atoms with Crippen LogP contribution in [0, 0.1) is 0 Å². The molecule has 1 N–H and O–H groups in total. The zero-order chi connectivity index (χ0) is 20.5. The first-order valence-corrected chi connectivity index (χ1v) is 10.7. The van der Waals surface area contributed by atoms with Gasteiger partial charge >= 0.3 is 0 Å². The summed E-state index contributed by atoms with van der Waals surface area (Å²) in [5.74, 6) is 2.91. The highest BCUT2D eigenvalue weighted by atomic mass is 79.9. The highest BCUT2D eigenvalue weighted by molar-refractivity contribution is 9.10. The fourth-order valence-corrected chi connectivity index (χ4v) is 3.63. The van der Waals surface area contributed by atoms with Gasteiger partial charge in [0.15, 0.2) is 23.0 Å². The molecule has 0 atom stereocenters. The first-order valence-electron chi connectivity index (χ1n) is 9.87. The van der Waals surface area contributed by atoms with Crippen LogP contribution in [0.2, 0.25) is 0 Å². The highest BCUT2D eigenvalue weighted by Crippen LogP contribution is 2.38. The first-order chi connectivity index (χ1) is 14.2. The van der Waals surface area contributed by atoms with E-state index >= 15 is 0 Å². The Kier molecular flexibility index (Phi) is 10.6. The molecule has 1 aliphatic rings. The van der Waals surface area contributed by atoms with Gasteiger partial charge in [0.2, 0.25) is 0 Å². The third-order valence-corrected chi connectivity index (χ3v) is 5.04. The molecule has 0 saturated heterocycles. The van der Waals surface area contributed by atoms with Crippen LogP contribution in [0.25, 0.3) is 0 Å². The molecule has 1 aliphatic heterocycles. The van der Waals surface area contributed by atoms with Crippen LogP contribution in [0.15, 0.2) is 34.8 Å². The largest absolute Gasteiger partial charge is 0.493 e. The van der Waals surface area contributed by atoms with E-state index in [1.807, 2.05) is 31.2 Å². The second-order valence-corrected chi connectivity index (χ2v) is 7.46. The van der Waals surface area contributed by atoms with Crippen molar-refractivity contribution < 1.29 is 23.7 Å². The number of hydrogen-bond donors (Lipinski definition) is 1. The van der Waals surface area contributed by atoms with E-state index < -0.39 is 0 Å². The van der Waals surface area contributed by atoms with Gasteiger partial charge in [-0.2, -0.15) is 0 Å². The van der Waals surface area contributed by atoms with Crippen LogP contribution in [0.5, 0.6) is 23.0 Å². The lowest BCUT2D eigenvalue weighted by Gasteiger charge is -2.19. The van der Waals surface area contributed by atoms with Gasteiger partial charge in [0.25, 0.3) is 0 Å². The quantitative estimate of drug-likeness (QED) is 0.448. The molecule has 0 saturated carbocycles. The first kappa shape index (κ1) is 24.6. The van der Waals surface area contributed by atoms with Gasteiger partial charge in [0.05, 0.1) is 11.6 Å². The monoisotopic (exact) mass is 501 g/mol. The van der Waals surface area contributed by atoms with Crippen LogP contribution >= 0.6 is 28.3 Å². The number of benzene rings is 2. The van der Waals surface area contributed by atoms with Crippen molar-refractivity contribution in [1.82, 2.24) is 5.32 Å². The van der Waals surface area contributed by atoms with Crippen LogP contribution in [-0.2, 0) is 17.9 Å². The molecule has 0 amide bonds. The van der Waals surface area contributed by atoms with E-state index in [4.69, 9.17) is 23.7 Å². The summed E-state index contributed by atoms with van der Waals surface area (Å²) in [4.78, 5) is 0. The number of methoxy groups -OCH3 is 1. The Balaban J connectivity index is 0.00000320. The molecule has 2 aromatic carbocycles. The highest BCUT2D eigenvalue weighted by Gasteiger charge is 2.14. The van der Waals surface area contributed by atoms with E-state index in [1.165, 1.54) is 0 Å². The minimum atomic E-state index is 0. The van der Waals surface area contributed by atoms with Gasteiger partial charge < -0.3 is 29.0 Å². The summed E-state index contributed by atoms with van der Waals surface area (Å²) < 4.78 is 29.0. The standard InChI is InChI=1S/C22H28BrNO5.ClH/c1-3-26-8-4-7-24-14-17-11-18(23)22(21(13-17)25-2)29-15-16-5-6-19-20(12-16)28-10-9-27-19;/h5-6,11-13,24H,3-4,7-10,14-15H2,1-2H3;1H. The van der Waals surface area contributed by atoms with E-state index in [-0.39, 0.29) is 12.4 Å². The average molecular weight is 503 g/mol. The van der Waals surface area contributed by atoms with Gasteiger partial charge in [-0.05, 0) is 71.2 Å². The lowest BCUT2D eigenvalue weighted by Crippen LogP contribution is -2.16. The number of hydrogen-bond acceptors (Lipinski definition) is 6. The van der Waals surface area contributed by atoms with Crippen molar-refractivity contribution in [3.63, 3.8) is 0 Å². The minimum absolute atomic E-state index is 0. The van der Waals surface area contributed by atoms with Crippen molar-refractivity contribution in [2.24, 2.45) is 0 Å². The zero-order valence-corrected chi connectivity index (χ0v) is 19.8. The molecule has 0 aromatic heterocycles. The molecule has 8 heteroatoms. The average Bonchev–Trinajstić information content (AvgIpc) is 2.75. The smallest absolute Gasteiger partial charge is 0.175 e. The van der Waals surface area contributed by atoms with Crippen molar-refractivity contribution in [1.29, 1.82) is 0 Å². The van der Waals surface area contributed by atoms with Crippen molar-refractivity contribution in [3.05, 3.63) is 45.9 Å². The second-order valence-electron chi connectivity index (χ2n) is 6.60. The summed E-state index contributed by atoms with van der Waals surface area (Å²) >= 11 is 3.62. The third kappa shape index (κ3) is 6.94. The van der Waals surface area contributed by atoms with Gasteiger partial charge in [0, 0.05) is 19.8 Å². The minimum Gasteiger partial charge on any atom is -0.493 e. The Morgan fingerprint density at radius 2 is 1.87 bits per heavy atom. The normalized spacial score (nSPS) is 12.2. The number of ether oxygens (including phenoxy) is 5. The molecular weight excluding hydrogens is 474 g/mol. The summed E-state index contributed by atoms with van der Waals surface area (Å²) in [6.07, 6.45) is 0.989. The topological polar surface area (TPSA) is 58.2 Å². The lowest BCUT2D eigenvalue weighted by atomic mass is 10.2. The summed E-state index contributed by atoms with van der Waals surface area (Å²) in [5.41, 5.74) is 2.13. The molecule has 0 fully saturated rings. The zero-order valence-electron chi connectivity index (χ0n) is 17.4. The Hall–Kier alpha value is -1.67. The van der Waals surface area contributed by atoms with Crippen LogP contribution < -0.4 is 24.3 Å². The van der Waals surface area contributed by atoms with Crippen molar-refractivity contribution in [2.45, 2.75) is 26.5 Å². The number of nitrogens with one attached hydrogen (secondary N) is 1. The number of fused-ring (bicyclic) bond motifs is 1. The summed E-state index contributed by atoms with van der Waals surface area (Å²) in [6, 6.07) is 9.90. The van der Waals surface area contributed by atoms with Gasteiger partial charge in [-0.3, -0.25) is 0 Å². The van der Waals surface area contributed by atoms with Gasteiger partial charge in [-0.25, -0.2) is 0 Å². The molecule has 2 aromatic rings. The van der Waals surface area contributed by atoms with Gasteiger partial charge in [-0.15, -0.1) is 12.4 Å². The van der Waals surface area contributed by atoms with Crippen molar-refractivity contribution in [2.75, 3.05) is 40.1 Å². The number of rotatable bonds is 11. The molecule has 0 aliphatic carbocycles. The fraction of sp³-hybridized carbons (Fsp3) is 0.455. The molecule has 30 heavy (non-hydrogen) atoms. The van der Waals surface area contributed by atoms with Gasteiger partial charge in [0.1, 0.15) is 19.8 Å². The van der Waals surface area contributed by atoms with Crippen molar-refractivity contribution in [3.8, 4) is 23.0 Å². The molecule has 0 spiro atoms. The van der Waals surface area contributed by atoms with E-state index in [0.717, 1.165) is 59.8 Å². The van der Waals surface area contributed by atoms with Crippen LogP contribution in [-0.4, -0.2) is 40.1 Å². The molecule has 0 unspecified atom stereocenters. The molecule has 1 heterocycles. The van der Waals surface area contributed by atoms with Gasteiger partial charge in [-0.1, -0.05) is 6.07 Å². The third-order valence-electron chi connectivity index (χ3n) is 4.45. The van der Waals surface area contributed by atoms with E-state index in [0.29, 0.717) is 31.3 Å². The Bertz CT molecular complexity index is 805. The van der Waals surface area contributed by atoms with E-state index in [2.05, 4.69) is 27.3 Å². The Morgan fingerprint density at radius 1 is 1.07 bits per heavy atom.